The van der Waals surface area contributed by atoms with Gasteiger partial charge < -0.3 is 9.47 Å². The van der Waals surface area contributed by atoms with Gasteiger partial charge in [0.05, 0.1) is 13.2 Å². The van der Waals surface area contributed by atoms with Crippen molar-refractivity contribution in [2.24, 2.45) is 17.3 Å². The van der Waals surface area contributed by atoms with E-state index in [0.717, 1.165) is 31.5 Å². The van der Waals surface area contributed by atoms with Crippen LogP contribution in [0, 0.1) is 17.3 Å². The monoisotopic (exact) mass is 268 g/mol. The van der Waals surface area contributed by atoms with E-state index < -0.39 is 0 Å². The second-order valence-corrected chi connectivity index (χ2v) is 7.16. The predicted molar refractivity (Wildman–Crippen MR) is 79.1 cm³/mol. The van der Waals surface area contributed by atoms with E-state index >= 15 is 0 Å². The summed E-state index contributed by atoms with van der Waals surface area (Å²) in [4.78, 5) is 0. The molecule has 0 atom stereocenters. The summed E-state index contributed by atoms with van der Waals surface area (Å²) in [6.45, 7) is 8.81. The lowest BCUT2D eigenvalue weighted by atomic mass is 9.68. The van der Waals surface area contributed by atoms with Gasteiger partial charge >= 0.3 is 0 Å². The number of rotatable bonds is 5. The summed E-state index contributed by atoms with van der Waals surface area (Å²) < 4.78 is 12.0. The summed E-state index contributed by atoms with van der Waals surface area (Å²) in [5, 5.41) is 0. The molecule has 0 aromatic rings. The Bertz CT molecular complexity index is 248. The van der Waals surface area contributed by atoms with E-state index in [4.69, 9.17) is 9.47 Å². The molecule has 2 aliphatic rings. The molecule has 2 nitrogen and oxygen atoms in total. The molecule has 2 heteroatoms. The minimum Gasteiger partial charge on any atom is -0.352 e. The normalized spacial score (nSPS) is 40.3. The molecular formula is C17H32O2. The molecular weight excluding hydrogens is 236 g/mol. The van der Waals surface area contributed by atoms with Gasteiger partial charge in [0.1, 0.15) is 0 Å². The maximum atomic E-state index is 6.00. The van der Waals surface area contributed by atoms with Crippen molar-refractivity contribution in [3.63, 3.8) is 0 Å². The SMILES string of the molecule is CCCCCC1OCC(C)(C2CCC(C)CC2)CO1. The molecule has 1 saturated heterocycles. The molecule has 1 heterocycles. The van der Waals surface area contributed by atoms with Crippen molar-refractivity contribution in [2.75, 3.05) is 13.2 Å². The second kappa shape index (κ2) is 7.08. The summed E-state index contributed by atoms with van der Waals surface area (Å²) in [6.07, 6.45) is 10.5. The Kier molecular flexibility index (Phi) is 5.70. The van der Waals surface area contributed by atoms with Crippen LogP contribution in [0.25, 0.3) is 0 Å². The molecule has 0 aromatic heterocycles. The first kappa shape index (κ1) is 15.3. The van der Waals surface area contributed by atoms with Crippen LogP contribution in [0.15, 0.2) is 0 Å². The van der Waals surface area contributed by atoms with E-state index in [9.17, 15) is 0 Å². The van der Waals surface area contributed by atoms with E-state index in [-0.39, 0.29) is 11.7 Å². The highest BCUT2D eigenvalue weighted by Gasteiger charge is 2.40. The highest BCUT2D eigenvalue weighted by atomic mass is 16.7. The standard InChI is InChI=1S/C17H32O2/c1-4-5-6-7-16-18-12-17(3,13-19-16)15-10-8-14(2)9-11-15/h14-16H,4-13H2,1-3H3. The minimum absolute atomic E-state index is 0.0714. The van der Waals surface area contributed by atoms with Crippen molar-refractivity contribution < 1.29 is 9.47 Å². The molecule has 112 valence electrons. The maximum Gasteiger partial charge on any atom is 0.157 e. The van der Waals surface area contributed by atoms with Gasteiger partial charge in [0.2, 0.25) is 0 Å². The van der Waals surface area contributed by atoms with Gasteiger partial charge in [-0.25, -0.2) is 0 Å². The number of ether oxygens (including phenoxy) is 2. The first-order valence-corrected chi connectivity index (χ1v) is 8.37. The zero-order chi connectivity index (χ0) is 13.7. The lowest BCUT2D eigenvalue weighted by Crippen LogP contribution is -2.45. The molecule has 0 bridgehead atoms. The molecule has 0 amide bonds. The van der Waals surface area contributed by atoms with E-state index in [0.29, 0.717) is 0 Å². The highest BCUT2D eigenvalue weighted by molar-refractivity contribution is 4.87. The van der Waals surface area contributed by atoms with Gasteiger partial charge in [0, 0.05) is 5.41 Å². The molecule has 2 fully saturated rings. The number of hydrogen-bond donors (Lipinski definition) is 0. The maximum absolute atomic E-state index is 6.00. The average molecular weight is 268 g/mol. The van der Waals surface area contributed by atoms with E-state index in [1.807, 2.05) is 0 Å². The molecule has 0 radical (unpaired) electrons. The topological polar surface area (TPSA) is 18.5 Å². The van der Waals surface area contributed by atoms with E-state index in [1.54, 1.807) is 0 Å². The van der Waals surface area contributed by atoms with Gasteiger partial charge in [-0.3, -0.25) is 0 Å². The zero-order valence-corrected chi connectivity index (χ0v) is 13.1. The van der Waals surface area contributed by atoms with Crippen LogP contribution in [0.2, 0.25) is 0 Å². The smallest absolute Gasteiger partial charge is 0.157 e. The predicted octanol–water partition coefficient (Wildman–Crippen LogP) is 4.77. The third-order valence-corrected chi connectivity index (χ3v) is 5.24. The summed E-state index contributed by atoms with van der Waals surface area (Å²) in [7, 11) is 0. The third-order valence-electron chi connectivity index (χ3n) is 5.24. The number of hydrogen-bond acceptors (Lipinski definition) is 2. The van der Waals surface area contributed by atoms with Gasteiger partial charge in [-0.05, 0) is 37.5 Å². The van der Waals surface area contributed by atoms with Crippen molar-refractivity contribution in [3.8, 4) is 0 Å². The van der Waals surface area contributed by atoms with Crippen LogP contribution >= 0.6 is 0 Å². The Morgan fingerprint density at radius 2 is 1.63 bits per heavy atom. The largest absolute Gasteiger partial charge is 0.352 e. The van der Waals surface area contributed by atoms with Crippen LogP contribution in [0.1, 0.15) is 72.1 Å². The lowest BCUT2D eigenvalue weighted by molar-refractivity contribution is -0.241. The van der Waals surface area contributed by atoms with Gasteiger partial charge in [0.25, 0.3) is 0 Å². The summed E-state index contributed by atoms with van der Waals surface area (Å²) >= 11 is 0. The highest BCUT2D eigenvalue weighted by Crippen LogP contribution is 2.42. The Balaban J connectivity index is 1.74. The van der Waals surface area contributed by atoms with Crippen LogP contribution in [-0.4, -0.2) is 19.5 Å². The summed E-state index contributed by atoms with van der Waals surface area (Å²) in [5.74, 6) is 1.73. The van der Waals surface area contributed by atoms with Gasteiger partial charge in [-0.2, -0.15) is 0 Å². The summed E-state index contributed by atoms with van der Waals surface area (Å²) in [6, 6.07) is 0. The Hall–Kier alpha value is -0.0800. The minimum atomic E-state index is 0.0714. The van der Waals surface area contributed by atoms with Crippen LogP contribution in [-0.2, 0) is 9.47 Å². The van der Waals surface area contributed by atoms with Crippen molar-refractivity contribution in [3.05, 3.63) is 0 Å². The van der Waals surface area contributed by atoms with Crippen LogP contribution in [0.5, 0.6) is 0 Å². The van der Waals surface area contributed by atoms with Gasteiger partial charge in [0.15, 0.2) is 6.29 Å². The molecule has 0 spiro atoms. The Labute approximate surface area is 119 Å². The van der Waals surface area contributed by atoms with Crippen LogP contribution in [0.3, 0.4) is 0 Å². The zero-order valence-electron chi connectivity index (χ0n) is 13.1. The summed E-state index contributed by atoms with van der Waals surface area (Å²) in [5.41, 5.74) is 0.265. The van der Waals surface area contributed by atoms with Crippen molar-refractivity contribution >= 4 is 0 Å². The quantitative estimate of drug-likeness (QED) is 0.669. The van der Waals surface area contributed by atoms with Gasteiger partial charge in [-0.1, -0.05) is 46.5 Å². The average Bonchev–Trinajstić information content (AvgIpc) is 2.42. The van der Waals surface area contributed by atoms with Gasteiger partial charge in [-0.15, -0.1) is 0 Å². The molecule has 0 unspecified atom stereocenters. The molecule has 0 N–H and O–H groups in total. The molecule has 1 saturated carbocycles. The molecule has 1 aliphatic heterocycles. The molecule has 2 rings (SSSR count). The number of unbranched alkanes of at least 4 members (excludes halogenated alkanes) is 2. The van der Waals surface area contributed by atoms with Crippen molar-refractivity contribution in [1.29, 1.82) is 0 Å². The molecule has 0 aromatic carbocycles. The first-order chi connectivity index (χ1) is 9.14. The fourth-order valence-corrected chi connectivity index (χ4v) is 3.58. The van der Waals surface area contributed by atoms with Crippen molar-refractivity contribution in [2.45, 2.75) is 78.4 Å². The Morgan fingerprint density at radius 3 is 2.21 bits per heavy atom. The van der Waals surface area contributed by atoms with E-state index in [2.05, 4.69) is 20.8 Å². The lowest BCUT2D eigenvalue weighted by Gasteiger charge is -2.45. The molecule has 19 heavy (non-hydrogen) atoms. The van der Waals surface area contributed by atoms with E-state index in [1.165, 1.54) is 44.9 Å². The Morgan fingerprint density at radius 1 is 1.00 bits per heavy atom. The second-order valence-electron chi connectivity index (χ2n) is 7.16. The van der Waals surface area contributed by atoms with Crippen molar-refractivity contribution in [1.82, 2.24) is 0 Å². The fourth-order valence-electron chi connectivity index (χ4n) is 3.58. The fraction of sp³-hybridized carbons (Fsp3) is 1.00. The first-order valence-electron chi connectivity index (χ1n) is 8.37. The molecule has 1 aliphatic carbocycles. The third kappa shape index (κ3) is 4.19. The van der Waals surface area contributed by atoms with Crippen LogP contribution < -0.4 is 0 Å². The van der Waals surface area contributed by atoms with Crippen LogP contribution in [0.4, 0.5) is 0 Å².